The molecule has 3 rings (SSSR count). The first-order chi connectivity index (χ1) is 15.5. The molecule has 2 aromatic rings. The van der Waals surface area contributed by atoms with E-state index in [-0.39, 0.29) is 12.6 Å². The summed E-state index contributed by atoms with van der Waals surface area (Å²) in [5.74, 6) is 0.105. The Kier molecular flexibility index (Phi) is 8.05. The first kappa shape index (κ1) is 25.5. The Morgan fingerprint density at radius 3 is 2.30 bits per heavy atom. The second-order valence-corrected chi connectivity index (χ2v) is 11.4. The van der Waals surface area contributed by atoms with Crippen molar-refractivity contribution < 1.29 is 22.7 Å². The van der Waals surface area contributed by atoms with Crippen molar-refractivity contribution in [2.24, 2.45) is 0 Å². The summed E-state index contributed by atoms with van der Waals surface area (Å²) in [6.07, 6.45) is 0. The van der Waals surface area contributed by atoms with Gasteiger partial charge in [-0.1, -0.05) is 29.8 Å². The summed E-state index contributed by atoms with van der Waals surface area (Å²) < 4.78 is 38.4. The summed E-state index contributed by atoms with van der Waals surface area (Å²) in [6, 6.07) is 13.7. The van der Waals surface area contributed by atoms with Gasteiger partial charge in [-0.15, -0.1) is 0 Å². The van der Waals surface area contributed by atoms with E-state index >= 15 is 0 Å². The number of piperazine rings is 1. The van der Waals surface area contributed by atoms with Crippen molar-refractivity contribution in [3.05, 3.63) is 59.1 Å². The van der Waals surface area contributed by atoms with Gasteiger partial charge in [-0.25, -0.2) is 13.2 Å². The zero-order valence-electron chi connectivity index (χ0n) is 19.5. The van der Waals surface area contributed by atoms with Crippen molar-refractivity contribution in [3.63, 3.8) is 0 Å². The van der Waals surface area contributed by atoms with Gasteiger partial charge in [-0.05, 0) is 58.0 Å². The lowest BCUT2D eigenvalue weighted by Gasteiger charge is -2.38. The Labute approximate surface area is 201 Å². The molecule has 1 fully saturated rings. The number of nitrogens with zero attached hydrogens (tertiary/aromatic N) is 2. The third-order valence-electron chi connectivity index (χ3n) is 5.39. The van der Waals surface area contributed by atoms with E-state index in [1.54, 1.807) is 63.2 Å². The maximum Gasteiger partial charge on any atom is 0.344 e. The van der Waals surface area contributed by atoms with Crippen LogP contribution in [0.4, 0.5) is 0 Å². The second kappa shape index (κ2) is 10.4. The van der Waals surface area contributed by atoms with Gasteiger partial charge in [0, 0.05) is 42.8 Å². The summed E-state index contributed by atoms with van der Waals surface area (Å²) >= 11 is 6.25. The van der Waals surface area contributed by atoms with Crippen LogP contribution in [-0.2, 0) is 19.6 Å². The highest BCUT2D eigenvalue weighted by molar-refractivity contribution is 7.89. The minimum Gasteiger partial charge on any atom is -0.482 e. The molecule has 1 aliphatic heterocycles. The topological polar surface area (TPSA) is 76.2 Å². The standard InChI is InChI=1S/C24H31ClN2O5S/c1-18(21-16-19(25)10-11-22(21)31-17-23(28)32-24(2,3)4)26-12-14-27(15-13-26)33(29,30)20-8-6-5-7-9-20/h5-11,16,18H,12-15,17H2,1-4H3. The summed E-state index contributed by atoms with van der Waals surface area (Å²) in [6.45, 7) is 9.12. The third-order valence-corrected chi connectivity index (χ3v) is 7.54. The fourth-order valence-corrected chi connectivity index (χ4v) is 5.38. The zero-order valence-corrected chi connectivity index (χ0v) is 21.0. The molecule has 1 atom stereocenters. The van der Waals surface area contributed by atoms with E-state index in [4.69, 9.17) is 21.1 Å². The van der Waals surface area contributed by atoms with Crippen LogP contribution in [0.5, 0.6) is 5.75 Å². The quantitative estimate of drug-likeness (QED) is 0.539. The van der Waals surface area contributed by atoms with Crippen LogP contribution >= 0.6 is 11.6 Å². The Morgan fingerprint density at radius 2 is 1.70 bits per heavy atom. The summed E-state index contributed by atoms with van der Waals surface area (Å²) in [5.41, 5.74) is 0.251. The second-order valence-electron chi connectivity index (χ2n) is 8.99. The Balaban J connectivity index is 1.67. The molecule has 1 aliphatic rings. The van der Waals surface area contributed by atoms with Crippen molar-refractivity contribution in [1.29, 1.82) is 0 Å². The van der Waals surface area contributed by atoms with E-state index in [1.165, 1.54) is 4.31 Å². The summed E-state index contributed by atoms with van der Waals surface area (Å²) in [5, 5.41) is 0.562. The normalized spacial score (nSPS) is 16.9. The van der Waals surface area contributed by atoms with Crippen LogP contribution in [-0.4, -0.2) is 62.0 Å². The molecular formula is C24H31ClN2O5S. The van der Waals surface area contributed by atoms with Crippen LogP contribution in [0.25, 0.3) is 0 Å². The molecule has 0 N–H and O–H groups in total. The average molecular weight is 495 g/mol. The van der Waals surface area contributed by atoms with Gasteiger partial charge >= 0.3 is 5.97 Å². The van der Waals surface area contributed by atoms with Gasteiger partial charge in [0.15, 0.2) is 6.61 Å². The van der Waals surface area contributed by atoms with Gasteiger partial charge in [-0.3, -0.25) is 4.90 Å². The zero-order chi connectivity index (χ0) is 24.2. The molecule has 9 heteroatoms. The van der Waals surface area contributed by atoms with E-state index in [1.807, 2.05) is 13.0 Å². The highest BCUT2D eigenvalue weighted by atomic mass is 35.5. The molecule has 7 nitrogen and oxygen atoms in total. The van der Waals surface area contributed by atoms with Gasteiger partial charge in [0.1, 0.15) is 11.4 Å². The summed E-state index contributed by atoms with van der Waals surface area (Å²) in [7, 11) is -3.51. The van der Waals surface area contributed by atoms with Gasteiger partial charge < -0.3 is 9.47 Å². The fraction of sp³-hybridized carbons (Fsp3) is 0.458. The van der Waals surface area contributed by atoms with Crippen molar-refractivity contribution in [3.8, 4) is 5.75 Å². The van der Waals surface area contributed by atoms with Crippen LogP contribution in [0.2, 0.25) is 5.02 Å². The molecule has 0 aliphatic carbocycles. The lowest BCUT2D eigenvalue weighted by molar-refractivity contribution is -0.157. The maximum absolute atomic E-state index is 12.9. The van der Waals surface area contributed by atoms with Crippen molar-refractivity contribution >= 4 is 27.6 Å². The minimum atomic E-state index is -3.51. The van der Waals surface area contributed by atoms with Crippen molar-refractivity contribution in [1.82, 2.24) is 9.21 Å². The van der Waals surface area contributed by atoms with E-state index in [0.29, 0.717) is 41.8 Å². The number of rotatable bonds is 7. The van der Waals surface area contributed by atoms with Crippen LogP contribution in [0, 0.1) is 0 Å². The summed E-state index contributed by atoms with van der Waals surface area (Å²) in [4.78, 5) is 14.6. The van der Waals surface area contributed by atoms with E-state index in [9.17, 15) is 13.2 Å². The molecule has 1 saturated heterocycles. The van der Waals surface area contributed by atoms with E-state index < -0.39 is 21.6 Å². The number of esters is 1. The van der Waals surface area contributed by atoms with Crippen LogP contribution < -0.4 is 4.74 Å². The minimum absolute atomic E-state index is 0.0843. The molecule has 0 radical (unpaired) electrons. The molecule has 2 aromatic carbocycles. The molecule has 0 aromatic heterocycles. The highest BCUT2D eigenvalue weighted by Gasteiger charge is 2.31. The smallest absolute Gasteiger partial charge is 0.344 e. The molecule has 0 bridgehead atoms. The van der Waals surface area contributed by atoms with Crippen molar-refractivity contribution in [2.75, 3.05) is 32.8 Å². The predicted octanol–water partition coefficient (Wildman–Crippen LogP) is 4.13. The van der Waals surface area contributed by atoms with Gasteiger partial charge in [0.25, 0.3) is 0 Å². The number of hydrogen-bond acceptors (Lipinski definition) is 6. The van der Waals surface area contributed by atoms with Crippen LogP contribution in [0.1, 0.15) is 39.3 Å². The molecule has 0 amide bonds. The number of carbonyl (C=O) groups is 1. The monoisotopic (exact) mass is 494 g/mol. The van der Waals surface area contributed by atoms with E-state index in [0.717, 1.165) is 5.56 Å². The maximum atomic E-state index is 12.9. The molecule has 180 valence electrons. The van der Waals surface area contributed by atoms with Crippen LogP contribution in [0.3, 0.4) is 0 Å². The molecule has 33 heavy (non-hydrogen) atoms. The average Bonchev–Trinajstić information content (AvgIpc) is 2.77. The van der Waals surface area contributed by atoms with Crippen molar-refractivity contribution in [2.45, 2.75) is 44.2 Å². The van der Waals surface area contributed by atoms with Gasteiger partial charge in [-0.2, -0.15) is 4.31 Å². The van der Waals surface area contributed by atoms with Gasteiger partial charge in [0.2, 0.25) is 10.0 Å². The Hall–Kier alpha value is -2.13. The van der Waals surface area contributed by atoms with E-state index in [2.05, 4.69) is 4.90 Å². The first-order valence-corrected chi connectivity index (χ1v) is 12.7. The molecule has 1 heterocycles. The Bertz CT molecular complexity index is 1060. The molecule has 0 saturated carbocycles. The Morgan fingerprint density at radius 1 is 1.06 bits per heavy atom. The first-order valence-electron chi connectivity index (χ1n) is 10.9. The molecule has 1 unspecified atom stereocenters. The third kappa shape index (κ3) is 6.69. The number of benzene rings is 2. The lowest BCUT2D eigenvalue weighted by Crippen LogP contribution is -2.49. The van der Waals surface area contributed by atoms with Crippen LogP contribution in [0.15, 0.2) is 53.4 Å². The number of hydrogen-bond donors (Lipinski definition) is 0. The number of carbonyl (C=O) groups excluding carboxylic acids is 1. The molecule has 0 spiro atoms. The highest BCUT2D eigenvalue weighted by Crippen LogP contribution is 2.33. The predicted molar refractivity (Wildman–Crippen MR) is 128 cm³/mol. The number of ether oxygens (including phenoxy) is 2. The number of halogens is 1. The van der Waals surface area contributed by atoms with Gasteiger partial charge in [0.05, 0.1) is 4.90 Å². The lowest BCUT2D eigenvalue weighted by atomic mass is 10.0. The molecular weight excluding hydrogens is 464 g/mol. The largest absolute Gasteiger partial charge is 0.482 e. The number of sulfonamides is 1. The fourth-order valence-electron chi connectivity index (χ4n) is 3.75. The SMILES string of the molecule is CC(c1cc(Cl)ccc1OCC(=O)OC(C)(C)C)N1CCN(S(=O)(=O)c2ccccc2)CC1.